The minimum Gasteiger partial charge on any atom is -0.339 e. The Morgan fingerprint density at radius 2 is 1.77 bits per heavy atom. The fourth-order valence-corrected chi connectivity index (χ4v) is 3.58. The second-order valence-corrected chi connectivity index (χ2v) is 7.36. The molecule has 4 nitrogen and oxygen atoms in total. The molecule has 0 N–H and O–H groups in total. The van der Waals surface area contributed by atoms with Crippen LogP contribution in [0.1, 0.15) is 48.1 Å². The summed E-state index contributed by atoms with van der Waals surface area (Å²) in [6, 6.07) is 8.34. The Morgan fingerprint density at radius 3 is 2.42 bits per heavy atom. The average Bonchev–Trinajstić information content (AvgIpc) is 2.83. The number of halogens is 1. The lowest BCUT2D eigenvalue weighted by Crippen LogP contribution is -2.30. The van der Waals surface area contributed by atoms with Crippen LogP contribution in [0.3, 0.4) is 0 Å². The van der Waals surface area contributed by atoms with E-state index in [4.69, 9.17) is 11.6 Å². The van der Waals surface area contributed by atoms with Crippen LogP contribution in [0.5, 0.6) is 0 Å². The lowest BCUT2D eigenvalue weighted by atomic mass is 10.1. The summed E-state index contributed by atoms with van der Waals surface area (Å²) in [6.07, 6.45) is 8.05. The van der Waals surface area contributed by atoms with E-state index in [0.29, 0.717) is 11.7 Å². The predicted molar refractivity (Wildman–Crippen MR) is 106 cm³/mol. The molecule has 0 aliphatic carbocycles. The number of rotatable bonds is 4. The maximum absolute atomic E-state index is 12.4. The Hall–Kier alpha value is -2.07. The first-order chi connectivity index (χ1) is 12.5. The number of carbonyl (C=O) groups is 1. The maximum atomic E-state index is 12.4. The smallest absolute Gasteiger partial charge is 0.246 e. The molecule has 1 amide bonds. The molecule has 3 rings (SSSR count). The molecule has 0 saturated carbocycles. The van der Waals surface area contributed by atoms with Crippen molar-refractivity contribution in [2.45, 2.75) is 46.1 Å². The highest BCUT2D eigenvalue weighted by Gasteiger charge is 2.15. The predicted octanol–water partition coefficient (Wildman–Crippen LogP) is 4.62. The highest BCUT2D eigenvalue weighted by atomic mass is 35.5. The van der Waals surface area contributed by atoms with E-state index in [-0.39, 0.29) is 5.91 Å². The van der Waals surface area contributed by atoms with Crippen molar-refractivity contribution in [1.82, 2.24) is 14.7 Å². The molecule has 2 heterocycles. The number of aromatic nitrogens is 2. The lowest BCUT2D eigenvalue weighted by Gasteiger charge is -2.17. The van der Waals surface area contributed by atoms with Gasteiger partial charge in [-0.3, -0.25) is 4.79 Å². The van der Waals surface area contributed by atoms with Crippen LogP contribution >= 0.6 is 11.6 Å². The van der Waals surface area contributed by atoms with Gasteiger partial charge in [0.2, 0.25) is 5.91 Å². The number of hydrogen-bond acceptors (Lipinski definition) is 2. The minimum atomic E-state index is 0.0636. The summed E-state index contributed by atoms with van der Waals surface area (Å²) < 4.78 is 1.79. The summed E-state index contributed by atoms with van der Waals surface area (Å²) in [5, 5.41) is 5.11. The second kappa shape index (κ2) is 8.54. The van der Waals surface area contributed by atoms with E-state index in [2.05, 4.69) is 36.3 Å². The van der Waals surface area contributed by atoms with Gasteiger partial charge in [0.05, 0.1) is 12.2 Å². The van der Waals surface area contributed by atoms with Crippen LogP contribution in [0, 0.1) is 13.8 Å². The first-order valence-electron chi connectivity index (χ1n) is 9.30. The Balaban J connectivity index is 1.72. The van der Waals surface area contributed by atoms with E-state index >= 15 is 0 Å². The normalized spacial score (nSPS) is 15.4. The molecule has 5 heteroatoms. The number of aryl methyl sites for hydroxylation is 2. The molecule has 1 aromatic heterocycles. The van der Waals surface area contributed by atoms with Crippen LogP contribution in [0.2, 0.25) is 5.15 Å². The maximum Gasteiger partial charge on any atom is 0.246 e. The zero-order valence-corrected chi connectivity index (χ0v) is 16.3. The molecule has 26 heavy (non-hydrogen) atoms. The summed E-state index contributed by atoms with van der Waals surface area (Å²) in [4.78, 5) is 14.4. The lowest BCUT2D eigenvalue weighted by molar-refractivity contribution is -0.125. The van der Waals surface area contributed by atoms with E-state index in [0.717, 1.165) is 42.8 Å². The third-order valence-corrected chi connectivity index (χ3v) is 5.27. The summed E-state index contributed by atoms with van der Waals surface area (Å²) in [6.45, 7) is 6.31. The minimum absolute atomic E-state index is 0.0636. The first kappa shape index (κ1) is 18.7. The van der Waals surface area contributed by atoms with Gasteiger partial charge in [0, 0.05) is 24.7 Å². The van der Waals surface area contributed by atoms with Crippen LogP contribution in [0.25, 0.3) is 6.08 Å². The standard InChI is InChI=1S/C21H26ClN3O/c1-16-7-9-18(10-8-16)15-25-21(22)19(17(2)23-25)11-12-20(26)24-13-5-3-4-6-14-24/h7-12H,3-6,13-15H2,1-2H3. The fraction of sp³-hybridized carbons (Fsp3) is 0.429. The molecule has 1 fully saturated rings. The van der Waals surface area contributed by atoms with Crippen LogP contribution in [-0.2, 0) is 11.3 Å². The monoisotopic (exact) mass is 371 g/mol. The number of likely N-dealkylation sites (tertiary alicyclic amines) is 1. The van der Waals surface area contributed by atoms with Gasteiger partial charge in [-0.1, -0.05) is 54.3 Å². The van der Waals surface area contributed by atoms with Crippen molar-refractivity contribution in [3.8, 4) is 0 Å². The van der Waals surface area contributed by atoms with Crippen LogP contribution in [-0.4, -0.2) is 33.7 Å². The topological polar surface area (TPSA) is 38.1 Å². The average molecular weight is 372 g/mol. The van der Waals surface area contributed by atoms with Gasteiger partial charge < -0.3 is 4.90 Å². The Bertz CT molecular complexity index is 784. The third kappa shape index (κ3) is 4.55. The van der Waals surface area contributed by atoms with Crippen molar-refractivity contribution >= 4 is 23.6 Å². The summed E-state index contributed by atoms with van der Waals surface area (Å²) in [5.74, 6) is 0.0636. The summed E-state index contributed by atoms with van der Waals surface area (Å²) >= 11 is 6.53. The highest BCUT2D eigenvalue weighted by molar-refractivity contribution is 6.31. The summed E-state index contributed by atoms with van der Waals surface area (Å²) in [7, 11) is 0. The molecular formula is C21H26ClN3O. The quantitative estimate of drug-likeness (QED) is 0.735. The van der Waals surface area contributed by atoms with Gasteiger partial charge >= 0.3 is 0 Å². The van der Waals surface area contributed by atoms with Crippen LogP contribution in [0.4, 0.5) is 0 Å². The molecule has 138 valence electrons. The molecule has 1 aliphatic rings. The number of amides is 1. The molecule has 0 bridgehead atoms. The molecule has 1 aliphatic heterocycles. The van der Waals surface area contributed by atoms with E-state index in [1.807, 2.05) is 17.9 Å². The zero-order chi connectivity index (χ0) is 18.5. The second-order valence-electron chi connectivity index (χ2n) is 7.01. The first-order valence-corrected chi connectivity index (χ1v) is 9.68. The van der Waals surface area contributed by atoms with Crippen molar-refractivity contribution in [2.75, 3.05) is 13.1 Å². The zero-order valence-electron chi connectivity index (χ0n) is 15.5. The molecule has 0 atom stereocenters. The molecule has 1 saturated heterocycles. The van der Waals surface area contributed by atoms with Gasteiger partial charge in [-0.2, -0.15) is 5.10 Å². The van der Waals surface area contributed by atoms with Crippen molar-refractivity contribution in [2.24, 2.45) is 0 Å². The molecule has 2 aromatic rings. The Morgan fingerprint density at radius 1 is 1.12 bits per heavy atom. The number of carbonyl (C=O) groups excluding carboxylic acids is 1. The molecular weight excluding hydrogens is 346 g/mol. The van der Waals surface area contributed by atoms with E-state index < -0.39 is 0 Å². The van der Waals surface area contributed by atoms with E-state index in [1.54, 1.807) is 10.8 Å². The van der Waals surface area contributed by atoms with Crippen molar-refractivity contribution in [3.05, 3.63) is 57.9 Å². The number of hydrogen-bond donors (Lipinski definition) is 0. The van der Waals surface area contributed by atoms with Crippen molar-refractivity contribution < 1.29 is 4.79 Å². The molecule has 0 unspecified atom stereocenters. The van der Waals surface area contributed by atoms with Crippen molar-refractivity contribution in [1.29, 1.82) is 0 Å². The Labute approximate surface area is 160 Å². The highest BCUT2D eigenvalue weighted by Crippen LogP contribution is 2.23. The molecule has 0 spiro atoms. The van der Waals surface area contributed by atoms with Crippen LogP contribution in [0.15, 0.2) is 30.3 Å². The van der Waals surface area contributed by atoms with Gasteiger partial charge in [-0.25, -0.2) is 4.68 Å². The number of benzene rings is 1. The van der Waals surface area contributed by atoms with Crippen molar-refractivity contribution in [3.63, 3.8) is 0 Å². The fourth-order valence-electron chi connectivity index (χ4n) is 3.28. The third-order valence-electron chi connectivity index (χ3n) is 4.87. The van der Waals surface area contributed by atoms with E-state index in [9.17, 15) is 4.79 Å². The van der Waals surface area contributed by atoms with E-state index in [1.165, 1.54) is 18.4 Å². The van der Waals surface area contributed by atoms with Gasteiger partial charge in [0.15, 0.2) is 0 Å². The molecule has 1 aromatic carbocycles. The Kier molecular flexibility index (Phi) is 6.15. The SMILES string of the molecule is Cc1ccc(Cn2nc(C)c(C=CC(=O)N3CCCCCC3)c2Cl)cc1. The summed E-state index contributed by atoms with van der Waals surface area (Å²) in [5.41, 5.74) is 4.03. The number of nitrogens with zero attached hydrogens (tertiary/aromatic N) is 3. The van der Waals surface area contributed by atoms with Gasteiger partial charge in [0.25, 0.3) is 0 Å². The van der Waals surface area contributed by atoms with Gasteiger partial charge in [-0.15, -0.1) is 0 Å². The molecule has 0 radical (unpaired) electrons. The van der Waals surface area contributed by atoms with Crippen LogP contribution < -0.4 is 0 Å². The van der Waals surface area contributed by atoms with Gasteiger partial charge in [0.1, 0.15) is 5.15 Å². The largest absolute Gasteiger partial charge is 0.339 e. The van der Waals surface area contributed by atoms with Gasteiger partial charge in [-0.05, 0) is 38.3 Å².